The summed E-state index contributed by atoms with van der Waals surface area (Å²) in [4.78, 5) is 26.7. The number of aromatic nitrogens is 1. The minimum absolute atomic E-state index is 0.0308. The number of rotatable bonds is 3. The molecule has 6 nitrogen and oxygen atoms in total. The van der Waals surface area contributed by atoms with Crippen LogP contribution in [-0.2, 0) is 10.0 Å². The third-order valence-corrected chi connectivity index (χ3v) is 5.83. The van der Waals surface area contributed by atoms with Crippen LogP contribution in [0.3, 0.4) is 0 Å². The maximum Gasteiger partial charge on any atom is 0.243 e. The maximum atomic E-state index is 12.6. The molecule has 2 heterocycles. The highest BCUT2D eigenvalue weighted by Gasteiger charge is 2.27. The standard InChI is InChI=1S/C15H16N2O4S/c1-10(18)13-9-16-14-5-4-11(8-12(14)15(13)19)22(20,21)17-6-2-3-7-17/h4-5,8-9H,2-3,6-7H2,1H3,(H,16,19). The first-order valence-corrected chi connectivity index (χ1v) is 8.52. The van der Waals surface area contributed by atoms with Crippen molar-refractivity contribution in [3.8, 4) is 0 Å². The van der Waals surface area contributed by atoms with E-state index in [1.54, 1.807) is 6.07 Å². The number of fused-ring (bicyclic) bond motifs is 1. The molecule has 1 aromatic heterocycles. The molecule has 0 unspecified atom stereocenters. The molecule has 0 spiro atoms. The number of ketones is 1. The number of pyridine rings is 1. The largest absolute Gasteiger partial charge is 0.360 e. The minimum atomic E-state index is -3.58. The molecule has 0 amide bonds. The van der Waals surface area contributed by atoms with E-state index in [1.165, 1.54) is 29.6 Å². The Kier molecular flexibility index (Phi) is 3.62. The van der Waals surface area contributed by atoms with Gasteiger partial charge in [-0.2, -0.15) is 4.31 Å². The van der Waals surface area contributed by atoms with Gasteiger partial charge in [-0.1, -0.05) is 0 Å². The van der Waals surface area contributed by atoms with Crippen LogP contribution in [0.1, 0.15) is 30.1 Å². The molecule has 1 fully saturated rings. The van der Waals surface area contributed by atoms with Crippen molar-refractivity contribution in [1.29, 1.82) is 0 Å². The van der Waals surface area contributed by atoms with E-state index in [2.05, 4.69) is 4.98 Å². The Balaban J connectivity index is 2.19. The molecular formula is C15H16N2O4S. The van der Waals surface area contributed by atoms with E-state index < -0.39 is 15.5 Å². The summed E-state index contributed by atoms with van der Waals surface area (Å²) in [6, 6.07) is 4.40. The number of H-pyrrole nitrogens is 1. The molecule has 0 saturated carbocycles. The number of hydrogen-bond acceptors (Lipinski definition) is 4. The lowest BCUT2D eigenvalue weighted by Gasteiger charge is -2.15. The van der Waals surface area contributed by atoms with Crippen LogP contribution < -0.4 is 5.43 Å². The molecule has 1 aromatic carbocycles. The second kappa shape index (κ2) is 5.33. The zero-order valence-corrected chi connectivity index (χ0v) is 12.9. The number of aromatic amines is 1. The summed E-state index contributed by atoms with van der Waals surface area (Å²) in [7, 11) is -3.58. The van der Waals surface area contributed by atoms with E-state index in [4.69, 9.17) is 0 Å². The van der Waals surface area contributed by atoms with Crippen LogP contribution in [0.2, 0.25) is 0 Å². The predicted molar refractivity (Wildman–Crippen MR) is 82.6 cm³/mol. The minimum Gasteiger partial charge on any atom is -0.360 e. The van der Waals surface area contributed by atoms with Gasteiger partial charge in [-0.05, 0) is 38.0 Å². The lowest BCUT2D eigenvalue weighted by atomic mass is 10.1. The van der Waals surface area contributed by atoms with Crippen molar-refractivity contribution >= 4 is 26.7 Å². The van der Waals surface area contributed by atoms with Gasteiger partial charge in [-0.15, -0.1) is 0 Å². The van der Waals surface area contributed by atoms with Gasteiger partial charge in [0.2, 0.25) is 10.0 Å². The van der Waals surface area contributed by atoms with Crippen LogP contribution in [0, 0.1) is 0 Å². The van der Waals surface area contributed by atoms with Crippen LogP contribution >= 0.6 is 0 Å². The number of hydrogen-bond donors (Lipinski definition) is 1. The van der Waals surface area contributed by atoms with E-state index in [0.717, 1.165) is 12.8 Å². The van der Waals surface area contributed by atoms with Gasteiger partial charge in [0.05, 0.1) is 10.5 Å². The molecular weight excluding hydrogens is 304 g/mol. The quantitative estimate of drug-likeness (QED) is 0.869. The number of nitrogens with one attached hydrogen (secondary N) is 1. The molecule has 116 valence electrons. The predicted octanol–water partition coefficient (Wildman–Crippen LogP) is 1.52. The molecule has 0 aliphatic carbocycles. The molecule has 1 N–H and O–H groups in total. The zero-order chi connectivity index (χ0) is 15.9. The number of sulfonamides is 1. The molecule has 1 saturated heterocycles. The normalized spacial score (nSPS) is 16.2. The molecule has 22 heavy (non-hydrogen) atoms. The fourth-order valence-electron chi connectivity index (χ4n) is 2.70. The molecule has 7 heteroatoms. The average molecular weight is 320 g/mol. The van der Waals surface area contributed by atoms with Crippen LogP contribution in [0.25, 0.3) is 10.9 Å². The Morgan fingerprint density at radius 2 is 1.91 bits per heavy atom. The number of benzene rings is 1. The van der Waals surface area contributed by atoms with Crippen LogP contribution in [0.15, 0.2) is 34.1 Å². The van der Waals surface area contributed by atoms with E-state index in [0.29, 0.717) is 18.6 Å². The maximum absolute atomic E-state index is 12.6. The Labute approximate surface area is 127 Å². The molecule has 1 aliphatic heterocycles. The summed E-state index contributed by atoms with van der Waals surface area (Å²) >= 11 is 0. The topological polar surface area (TPSA) is 87.3 Å². The first kappa shape index (κ1) is 14.9. The average Bonchev–Trinajstić information content (AvgIpc) is 3.02. The lowest BCUT2D eigenvalue weighted by Crippen LogP contribution is -2.28. The van der Waals surface area contributed by atoms with Gasteiger partial charge >= 0.3 is 0 Å². The van der Waals surface area contributed by atoms with Gasteiger partial charge < -0.3 is 4.98 Å². The highest BCUT2D eigenvalue weighted by atomic mass is 32.2. The summed E-state index contributed by atoms with van der Waals surface area (Å²) in [6.45, 7) is 2.32. The van der Waals surface area contributed by atoms with Gasteiger partial charge in [0.1, 0.15) is 0 Å². The van der Waals surface area contributed by atoms with Crippen molar-refractivity contribution < 1.29 is 13.2 Å². The Hall–Kier alpha value is -1.99. The Morgan fingerprint density at radius 3 is 2.55 bits per heavy atom. The number of Topliss-reactive ketones (excluding diaryl/α,β-unsaturated/α-hetero) is 1. The van der Waals surface area contributed by atoms with E-state index >= 15 is 0 Å². The van der Waals surface area contributed by atoms with Crippen molar-refractivity contribution in [2.75, 3.05) is 13.1 Å². The van der Waals surface area contributed by atoms with E-state index in [9.17, 15) is 18.0 Å². The highest BCUT2D eigenvalue weighted by Crippen LogP contribution is 2.22. The van der Waals surface area contributed by atoms with E-state index in [1.807, 2.05) is 0 Å². The van der Waals surface area contributed by atoms with Gasteiger partial charge in [0.25, 0.3) is 0 Å². The van der Waals surface area contributed by atoms with Gasteiger partial charge in [-0.3, -0.25) is 9.59 Å². The third kappa shape index (κ3) is 2.36. The second-order valence-corrected chi connectivity index (χ2v) is 7.34. The SMILES string of the molecule is CC(=O)c1c[nH]c2ccc(S(=O)(=O)N3CCCC3)cc2c1=O. The van der Waals surface area contributed by atoms with Crippen molar-refractivity contribution in [3.63, 3.8) is 0 Å². The van der Waals surface area contributed by atoms with Crippen LogP contribution in [0.5, 0.6) is 0 Å². The second-order valence-electron chi connectivity index (χ2n) is 5.41. The monoisotopic (exact) mass is 320 g/mol. The van der Waals surface area contributed by atoms with Gasteiger partial charge in [0.15, 0.2) is 11.2 Å². The Morgan fingerprint density at radius 1 is 1.23 bits per heavy atom. The molecule has 0 bridgehead atoms. The van der Waals surface area contributed by atoms with Crippen molar-refractivity contribution in [3.05, 3.63) is 40.2 Å². The van der Waals surface area contributed by atoms with Crippen molar-refractivity contribution in [2.45, 2.75) is 24.7 Å². The van der Waals surface area contributed by atoms with Crippen LogP contribution in [0.4, 0.5) is 0 Å². The lowest BCUT2D eigenvalue weighted by molar-refractivity contribution is 0.101. The third-order valence-electron chi connectivity index (χ3n) is 3.93. The first-order chi connectivity index (χ1) is 10.4. The molecule has 3 rings (SSSR count). The number of carbonyl (C=O) groups excluding carboxylic acids is 1. The summed E-state index contributed by atoms with van der Waals surface area (Å²) < 4.78 is 26.5. The van der Waals surface area contributed by atoms with Gasteiger partial charge in [-0.25, -0.2) is 8.42 Å². The van der Waals surface area contributed by atoms with Crippen molar-refractivity contribution in [1.82, 2.24) is 9.29 Å². The van der Waals surface area contributed by atoms with E-state index in [-0.39, 0.29) is 21.6 Å². The molecule has 2 aromatic rings. The highest BCUT2D eigenvalue weighted by molar-refractivity contribution is 7.89. The fraction of sp³-hybridized carbons (Fsp3) is 0.333. The first-order valence-electron chi connectivity index (χ1n) is 7.08. The summed E-state index contributed by atoms with van der Waals surface area (Å²) in [5.74, 6) is -0.351. The number of nitrogens with zero attached hydrogens (tertiary/aromatic N) is 1. The molecule has 1 aliphatic rings. The van der Waals surface area contributed by atoms with Crippen molar-refractivity contribution in [2.24, 2.45) is 0 Å². The summed E-state index contributed by atoms with van der Waals surface area (Å²) in [5.41, 5.74) is 0.0957. The summed E-state index contributed by atoms with van der Waals surface area (Å²) in [6.07, 6.45) is 3.06. The summed E-state index contributed by atoms with van der Waals surface area (Å²) in [5, 5.41) is 0.216. The Bertz CT molecular complexity index is 909. The van der Waals surface area contributed by atoms with Gasteiger partial charge in [0, 0.05) is 30.2 Å². The molecule has 0 radical (unpaired) electrons. The number of carbonyl (C=O) groups is 1. The fourth-order valence-corrected chi connectivity index (χ4v) is 4.24. The zero-order valence-electron chi connectivity index (χ0n) is 12.1. The van der Waals surface area contributed by atoms with Crippen LogP contribution in [-0.4, -0.2) is 36.6 Å². The smallest absolute Gasteiger partial charge is 0.243 e. The molecule has 0 atom stereocenters.